The summed E-state index contributed by atoms with van der Waals surface area (Å²) < 4.78 is 68.5. The van der Waals surface area contributed by atoms with E-state index in [0.717, 1.165) is 19.7 Å². The summed E-state index contributed by atoms with van der Waals surface area (Å²) in [6, 6.07) is 2.03. The van der Waals surface area contributed by atoms with Crippen molar-refractivity contribution in [2.45, 2.75) is 175 Å². The molecule has 1 aromatic heterocycles. The SMILES string of the molecule is CCC(=O)OCOC(=O)NCCN(CC(=O)O[C@@H]1[C@@H](C)[C@@H](O)[C@@H](C)[C@H](OC(C)=O)[C@H](C)[C@@H](OC)/C=C/O[C@@]2(C)Oc3c(C)c(O)c4c(O)c(c5c(c4c3C2=O)NC2(CCN(CC(C)C)CC2)N=5)=NC(=O)/C(C)=C\C=C\[C@@H]1C)C(=O)C(CCC(=O)OC(Cc1ccccn1)(P(O)O)P(=O)(O)O)NC(=O)OCOC(=O)CC. The molecule has 6 heterocycles. The van der Waals surface area contributed by atoms with Crippen molar-refractivity contribution in [1.82, 2.24) is 25.4 Å². The minimum absolute atomic E-state index is 0.0163. The van der Waals surface area contributed by atoms with E-state index in [1.54, 1.807) is 20.8 Å². The van der Waals surface area contributed by atoms with E-state index in [1.165, 1.54) is 97.4 Å². The number of rotatable bonds is 26. The van der Waals surface area contributed by atoms with Gasteiger partial charge in [-0.3, -0.25) is 52.9 Å². The van der Waals surface area contributed by atoms with Crippen LogP contribution >= 0.6 is 16.0 Å². The van der Waals surface area contributed by atoms with Gasteiger partial charge in [0.15, 0.2) is 5.75 Å². The molecule has 10 N–H and O–H groups in total. The number of carbonyl (C=O) groups excluding carboxylic acids is 10. The Morgan fingerprint density at radius 2 is 1.50 bits per heavy atom. The number of hydrogen-bond donors (Lipinski definition) is 10. The Balaban J connectivity index is 1.32. The van der Waals surface area contributed by atoms with Crippen molar-refractivity contribution in [2.75, 3.05) is 65.3 Å². The van der Waals surface area contributed by atoms with Crippen molar-refractivity contribution >= 4 is 92.1 Å². The van der Waals surface area contributed by atoms with Crippen LogP contribution in [-0.2, 0) is 87.2 Å². The summed E-state index contributed by atoms with van der Waals surface area (Å²) in [7, 11) is -8.37. The minimum Gasteiger partial charge on any atom is -0.507 e. The first kappa shape index (κ1) is 88.0. The number of nitrogens with one attached hydrogen (secondary N) is 3. The normalized spacial score (nSPS) is 23.9. The Kier molecular flexibility index (Phi) is 30.5. The van der Waals surface area contributed by atoms with Gasteiger partial charge in [0, 0.05) is 138 Å². The molecule has 5 aliphatic heterocycles. The molecule has 0 aliphatic carbocycles. The highest BCUT2D eigenvalue weighted by Crippen LogP contribution is 2.67. The summed E-state index contributed by atoms with van der Waals surface area (Å²) in [4.78, 5) is 196. The molecule has 1 saturated heterocycles. The number of amides is 4. The van der Waals surface area contributed by atoms with Crippen molar-refractivity contribution in [2.24, 2.45) is 39.6 Å². The number of carbonyl (C=O) groups is 10. The molecule has 1 fully saturated rings. The van der Waals surface area contributed by atoms with Gasteiger partial charge in [-0.2, -0.15) is 0 Å². The van der Waals surface area contributed by atoms with Crippen molar-refractivity contribution in [1.29, 1.82) is 0 Å². The molecule has 5 aliphatic rings. The largest absolute Gasteiger partial charge is 0.507 e. The number of phenols is 2. The number of nitrogens with zero attached hydrogens (tertiary/aromatic N) is 5. The summed E-state index contributed by atoms with van der Waals surface area (Å²) in [5.41, 5.74) is -1.10. The summed E-state index contributed by atoms with van der Waals surface area (Å²) >= 11 is 0. The molecule has 2 unspecified atom stereocenters. The van der Waals surface area contributed by atoms with Gasteiger partial charge in [-0.1, -0.05) is 79.7 Å². The van der Waals surface area contributed by atoms with Gasteiger partial charge in [0.1, 0.15) is 52.7 Å². The number of aromatic hydroxyl groups is 2. The molecule has 1 spiro atoms. The van der Waals surface area contributed by atoms with Gasteiger partial charge in [0.05, 0.1) is 41.5 Å². The zero-order valence-electron chi connectivity index (χ0n) is 63.4. The van der Waals surface area contributed by atoms with Crippen LogP contribution in [0.2, 0.25) is 0 Å². The molecule has 8 rings (SSSR count). The molecule has 11 atom stereocenters. The number of ketones is 1. The number of piperidine rings is 1. The van der Waals surface area contributed by atoms with Crippen LogP contribution in [0.25, 0.3) is 10.8 Å². The molecule has 5 bridgehead atoms. The lowest BCUT2D eigenvalue weighted by Gasteiger charge is -2.39. The third-order valence-corrected chi connectivity index (χ3v) is 22.6. The first-order chi connectivity index (χ1) is 51.8. The maximum atomic E-state index is 15.1. The number of allylic oxidation sites excluding steroid dienone is 2. The standard InChI is InChI=1S/C72H98N8O28P2/c1-14-49(82)100-36-102-68(92)74-28-31-80(67(91)47(75-69(93)103-37-101-50(83)15-2)22-23-51(84)107-72(109(94)95,110(96,97)98)33-46-21-16-17-27-73-46)35-52(85)106-62-39(5)19-18-20-40(6)66(90)76-58-57-56(77-71(78-57)25-29-79(30-26-71)34-38(3)4)53-54(61(58)88)60(87)44(10)64-55(53)65(89)70(12,108-64)104-32-24-48(99-13)41(7)63(105-45(11)81)43(9)59(86)42(62)8/h16-21,24,27,32,38-39,41-43,47-48,59,62-63,77,86-88,94-95H,14-15,22-23,25-26,28-31,33-37H2,1-13H3,(H,74,92)(H,75,93)(H2,96,97,98)/b19-18+,32-24+,40-20-,76-58?/t39-,41+,42-,43+,47?,48-,59+,62-,63+,70-,72?/m0/s1. The third-order valence-electron chi connectivity index (χ3n) is 19.2. The number of aliphatic hydroxyl groups excluding tert-OH is 1. The van der Waals surface area contributed by atoms with E-state index in [9.17, 15) is 77.8 Å². The topological polar surface area (TPSA) is 502 Å². The molecule has 2 aromatic carbocycles. The van der Waals surface area contributed by atoms with E-state index in [2.05, 4.69) is 44.7 Å². The highest BCUT2D eigenvalue weighted by molar-refractivity contribution is 7.69. The van der Waals surface area contributed by atoms with E-state index in [0.29, 0.717) is 36.7 Å². The average Bonchev–Trinajstić information content (AvgIpc) is 1.52. The van der Waals surface area contributed by atoms with Crippen molar-refractivity contribution < 1.29 is 135 Å². The van der Waals surface area contributed by atoms with Gasteiger partial charge in [0.25, 0.3) is 16.8 Å². The Bertz CT molecular complexity index is 4200. The van der Waals surface area contributed by atoms with Crippen LogP contribution in [0.3, 0.4) is 0 Å². The first-order valence-corrected chi connectivity index (χ1v) is 38.5. The lowest BCUT2D eigenvalue weighted by molar-refractivity contribution is -0.167. The number of fused-ring (bicyclic) bond motifs is 13. The van der Waals surface area contributed by atoms with Crippen LogP contribution in [0.15, 0.2) is 70.5 Å². The van der Waals surface area contributed by atoms with Crippen LogP contribution in [0.1, 0.15) is 136 Å². The number of anilines is 1. The van der Waals surface area contributed by atoms with E-state index in [-0.39, 0.29) is 68.2 Å². The van der Waals surface area contributed by atoms with Crippen molar-refractivity contribution in [3.63, 3.8) is 0 Å². The van der Waals surface area contributed by atoms with Gasteiger partial charge >= 0.3 is 55.4 Å². The number of alkyl carbamates (subject to hydrolysis) is 2. The number of likely N-dealkylation sites (tertiary alicyclic amines) is 1. The van der Waals surface area contributed by atoms with Gasteiger partial charge < -0.3 is 108 Å². The zero-order valence-corrected chi connectivity index (χ0v) is 65.2. The quantitative estimate of drug-likeness (QED) is 0.0169. The van der Waals surface area contributed by atoms with Crippen LogP contribution in [-0.4, -0.2) is 216 Å². The molecular formula is C72H98N8O28P2. The second-order valence-corrected chi connectivity index (χ2v) is 31.2. The van der Waals surface area contributed by atoms with Gasteiger partial charge in [0.2, 0.25) is 27.9 Å². The highest BCUT2D eigenvalue weighted by atomic mass is 31.2. The second kappa shape index (κ2) is 38.1. The van der Waals surface area contributed by atoms with E-state index < -0.39 is 210 Å². The predicted molar refractivity (Wildman–Crippen MR) is 388 cm³/mol. The maximum Gasteiger partial charge on any atom is 0.410 e. The fraction of sp³-hybridized carbons (Fsp3) is 0.569. The zero-order chi connectivity index (χ0) is 81.5. The second-order valence-electron chi connectivity index (χ2n) is 27.8. The summed E-state index contributed by atoms with van der Waals surface area (Å²) in [6.07, 6.45) is -2.45. The Morgan fingerprint density at radius 3 is 2.09 bits per heavy atom. The number of esters is 5. The minimum atomic E-state index is -5.86. The fourth-order valence-electron chi connectivity index (χ4n) is 13.2. The number of methoxy groups -OCH3 is 1. The van der Waals surface area contributed by atoms with Crippen molar-refractivity contribution in [3.8, 4) is 17.2 Å². The Morgan fingerprint density at radius 1 is 0.855 bits per heavy atom. The van der Waals surface area contributed by atoms with Gasteiger partial charge in [-0.05, 0) is 44.4 Å². The molecule has 110 heavy (non-hydrogen) atoms. The molecule has 604 valence electrons. The first-order valence-electron chi connectivity index (χ1n) is 35.6. The number of ether oxygens (including phenoxy) is 10. The monoisotopic (exact) mass is 1580 g/mol. The number of aliphatic hydroxyl groups is 1. The fourth-order valence-corrected chi connectivity index (χ4v) is 15.2. The maximum absolute atomic E-state index is 15.1. The van der Waals surface area contributed by atoms with Crippen LogP contribution in [0.4, 0.5) is 15.3 Å². The molecule has 3 aromatic rings. The Hall–Kier alpha value is -9.25. The number of phenolic OH excluding ortho intramolecular Hbond substituents is 2. The molecule has 38 heteroatoms. The number of Topliss-reactive ketones (excluding diaryl/α,β-unsaturated/α-hetero) is 1. The van der Waals surface area contributed by atoms with E-state index in [1.807, 2.05) is 0 Å². The lowest BCUT2D eigenvalue weighted by atomic mass is 9.78. The molecular weight excluding hydrogens is 1490 g/mol. The number of benzene rings is 2. The van der Waals surface area contributed by atoms with Gasteiger partial charge in [-0.15, -0.1) is 0 Å². The smallest absolute Gasteiger partial charge is 0.410 e. The Labute approximate surface area is 635 Å². The highest BCUT2D eigenvalue weighted by Gasteiger charge is 2.58. The average molecular weight is 1590 g/mol. The van der Waals surface area contributed by atoms with E-state index in [4.69, 9.17) is 52.4 Å². The van der Waals surface area contributed by atoms with Crippen LogP contribution < -0.4 is 31.4 Å². The number of aromatic nitrogens is 1. The summed E-state index contributed by atoms with van der Waals surface area (Å²) in [5.74, 6) is -15.4. The summed E-state index contributed by atoms with van der Waals surface area (Å²) in [5, 5.41) is 41.4. The predicted octanol–water partition coefficient (Wildman–Crippen LogP) is 4.86. The summed E-state index contributed by atoms with van der Waals surface area (Å²) in [6.45, 7) is 16.4. The molecule has 36 nitrogen and oxygen atoms in total. The van der Waals surface area contributed by atoms with Crippen LogP contribution in [0, 0.1) is 36.5 Å². The third kappa shape index (κ3) is 21.2. The molecule has 0 radical (unpaired) electrons. The molecule has 0 saturated carbocycles. The number of pyridine rings is 1. The van der Waals surface area contributed by atoms with Crippen molar-refractivity contribution in [3.05, 3.63) is 88.1 Å². The lowest BCUT2D eigenvalue weighted by Crippen LogP contribution is -2.53. The molecule has 4 amide bonds. The van der Waals surface area contributed by atoms with Crippen LogP contribution in [0.5, 0.6) is 17.2 Å². The van der Waals surface area contributed by atoms with E-state index >= 15 is 9.59 Å². The van der Waals surface area contributed by atoms with Gasteiger partial charge in [-0.25, -0.2) is 14.6 Å². The number of hydrogen-bond acceptors (Lipinski definition) is 30.